The van der Waals surface area contributed by atoms with Crippen LogP contribution in [0.25, 0.3) is 17.1 Å². The van der Waals surface area contributed by atoms with Crippen molar-refractivity contribution in [1.29, 1.82) is 5.26 Å². The first-order valence-corrected chi connectivity index (χ1v) is 11.1. The molecule has 0 spiro atoms. The fourth-order valence-corrected chi connectivity index (χ4v) is 3.94. The molecule has 0 aliphatic carbocycles. The van der Waals surface area contributed by atoms with E-state index in [9.17, 15) is 4.79 Å². The highest BCUT2D eigenvalue weighted by Crippen LogP contribution is 2.28. The van der Waals surface area contributed by atoms with Crippen molar-refractivity contribution in [2.45, 2.75) is 18.5 Å². The third kappa shape index (κ3) is 5.05. The van der Waals surface area contributed by atoms with Crippen molar-refractivity contribution in [2.24, 2.45) is 0 Å². The van der Waals surface area contributed by atoms with Gasteiger partial charge < -0.3 is 5.32 Å². The van der Waals surface area contributed by atoms with Gasteiger partial charge in [0.15, 0.2) is 11.0 Å². The predicted octanol–water partition coefficient (Wildman–Crippen LogP) is 5.04. The highest BCUT2D eigenvalue weighted by Gasteiger charge is 2.17. The number of hydrogen-bond acceptors (Lipinski definition) is 5. The highest BCUT2D eigenvalue weighted by molar-refractivity contribution is 7.99. The van der Waals surface area contributed by atoms with Gasteiger partial charge in [0.25, 0.3) is 0 Å². The van der Waals surface area contributed by atoms with Crippen molar-refractivity contribution in [1.82, 2.24) is 14.8 Å². The Balaban J connectivity index is 1.53. The van der Waals surface area contributed by atoms with E-state index in [0.717, 1.165) is 28.2 Å². The standard InChI is InChI=1S/C25H21N5OS/c1-18-7-13-22(14-8-18)30-24(20-5-3-2-4-6-20)28-29-25(30)32-17-23(31)27-21-11-9-19(10-12-21)15-16-26/h2-14H,15,17H2,1H3,(H,27,31). The molecule has 0 bridgehead atoms. The number of carbonyl (C=O) groups excluding carboxylic acids is 1. The first-order chi connectivity index (χ1) is 15.6. The quantitative estimate of drug-likeness (QED) is 0.408. The summed E-state index contributed by atoms with van der Waals surface area (Å²) in [6, 6.07) is 27.4. The molecule has 3 aromatic carbocycles. The summed E-state index contributed by atoms with van der Waals surface area (Å²) in [5, 5.41) is 21.1. The van der Waals surface area contributed by atoms with Crippen molar-refractivity contribution >= 4 is 23.4 Å². The van der Waals surface area contributed by atoms with Gasteiger partial charge in [-0.2, -0.15) is 5.26 Å². The fourth-order valence-electron chi connectivity index (χ4n) is 3.19. The summed E-state index contributed by atoms with van der Waals surface area (Å²) in [7, 11) is 0. The van der Waals surface area contributed by atoms with E-state index in [1.165, 1.54) is 11.8 Å². The van der Waals surface area contributed by atoms with E-state index in [0.29, 0.717) is 17.3 Å². The van der Waals surface area contributed by atoms with Crippen molar-refractivity contribution in [3.63, 3.8) is 0 Å². The van der Waals surface area contributed by atoms with Gasteiger partial charge in [-0.3, -0.25) is 9.36 Å². The minimum Gasteiger partial charge on any atom is -0.325 e. The number of nitriles is 1. The molecule has 0 aliphatic rings. The van der Waals surface area contributed by atoms with Crippen molar-refractivity contribution < 1.29 is 4.79 Å². The summed E-state index contributed by atoms with van der Waals surface area (Å²) in [5.41, 5.74) is 4.67. The zero-order chi connectivity index (χ0) is 22.3. The summed E-state index contributed by atoms with van der Waals surface area (Å²) >= 11 is 1.33. The maximum atomic E-state index is 12.5. The maximum Gasteiger partial charge on any atom is 0.234 e. The molecule has 7 heteroatoms. The molecule has 0 unspecified atom stereocenters. The van der Waals surface area contributed by atoms with Gasteiger partial charge in [0.1, 0.15) is 0 Å². The topological polar surface area (TPSA) is 83.6 Å². The van der Waals surface area contributed by atoms with E-state index < -0.39 is 0 Å². The molecule has 158 valence electrons. The number of anilines is 1. The lowest BCUT2D eigenvalue weighted by Gasteiger charge is -2.11. The molecule has 0 aliphatic heterocycles. The number of carbonyl (C=O) groups is 1. The molecule has 1 aromatic heterocycles. The van der Waals surface area contributed by atoms with E-state index in [1.54, 1.807) is 12.1 Å². The normalized spacial score (nSPS) is 10.5. The Labute approximate surface area is 190 Å². The molecule has 1 amide bonds. The summed E-state index contributed by atoms with van der Waals surface area (Å²) in [6.45, 7) is 2.04. The van der Waals surface area contributed by atoms with Crippen molar-refractivity contribution in [3.05, 3.63) is 90.0 Å². The van der Waals surface area contributed by atoms with Crippen LogP contribution in [0.2, 0.25) is 0 Å². The number of rotatable bonds is 7. The third-order valence-electron chi connectivity index (χ3n) is 4.81. The molecule has 0 fully saturated rings. The molecule has 0 saturated heterocycles. The fraction of sp³-hybridized carbons (Fsp3) is 0.120. The van der Waals surface area contributed by atoms with Crippen molar-refractivity contribution in [2.75, 3.05) is 11.1 Å². The zero-order valence-electron chi connectivity index (χ0n) is 17.5. The van der Waals surface area contributed by atoms with Crippen LogP contribution < -0.4 is 5.32 Å². The second kappa shape index (κ2) is 9.94. The zero-order valence-corrected chi connectivity index (χ0v) is 18.3. The Hall–Kier alpha value is -3.89. The van der Waals surface area contributed by atoms with Gasteiger partial charge in [-0.1, -0.05) is 71.9 Å². The minimum absolute atomic E-state index is 0.136. The first kappa shape index (κ1) is 21.3. The summed E-state index contributed by atoms with van der Waals surface area (Å²) in [4.78, 5) is 12.5. The molecule has 6 nitrogen and oxygen atoms in total. The molecule has 4 rings (SSSR count). The summed E-state index contributed by atoms with van der Waals surface area (Å²) in [5.74, 6) is 0.784. The number of nitrogens with one attached hydrogen (secondary N) is 1. The van der Waals surface area contributed by atoms with Gasteiger partial charge >= 0.3 is 0 Å². The van der Waals surface area contributed by atoms with E-state index >= 15 is 0 Å². The molecule has 1 heterocycles. The number of thioether (sulfide) groups is 1. The smallest absolute Gasteiger partial charge is 0.234 e. The van der Waals surface area contributed by atoms with Crippen LogP contribution in [0.3, 0.4) is 0 Å². The van der Waals surface area contributed by atoms with Gasteiger partial charge in [-0.15, -0.1) is 10.2 Å². The SMILES string of the molecule is Cc1ccc(-n2c(SCC(=O)Nc3ccc(CC#N)cc3)nnc2-c2ccccc2)cc1. The number of amides is 1. The lowest BCUT2D eigenvalue weighted by molar-refractivity contribution is -0.113. The van der Waals surface area contributed by atoms with Gasteiger partial charge in [0.2, 0.25) is 5.91 Å². The maximum absolute atomic E-state index is 12.5. The van der Waals surface area contributed by atoms with Crippen LogP contribution in [0.4, 0.5) is 5.69 Å². The van der Waals surface area contributed by atoms with Crippen LogP contribution in [-0.4, -0.2) is 26.4 Å². The number of hydrogen-bond donors (Lipinski definition) is 1. The molecule has 1 N–H and O–H groups in total. The van der Waals surface area contributed by atoms with Gasteiger partial charge in [-0.25, -0.2) is 0 Å². The molecular weight excluding hydrogens is 418 g/mol. The molecule has 0 atom stereocenters. The molecule has 0 radical (unpaired) electrons. The van der Waals surface area contributed by atoms with Crippen LogP contribution in [0.15, 0.2) is 84.0 Å². The Morgan fingerprint density at radius 3 is 2.41 bits per heavy atom. The van der Waals surface area contributed by atoms with Gasteiger partial charge in [0.05, 0.1) is 18.2 Å². The first-order valence-electron chi connectivity index (χ1n) is 10.1. The number of aromatic nitrogens is 3. The minimum atomic E-state index is -0.136. The number of nitrogens with zero attached hydrogens (tertiary/aromatic N) is 4. The van der Waals surface area contributed by atoms with Crippen LogP contribution in [0.1, 0.15) is 11.1 Å². The Morgan fingerprint density at radius 2 is 1.72 bits per heavy atom. The molecule has 4 aromatic rings. The monoisotopic (exact) mass is 439 g/mol. The van der Waals surface area contributed by atoms with Gasteiger partial charge in [-0.05, 0) is 36.8 Å². The Bertz CT molecular complexity index is 1240. The van der Waals surface area contributed by atoms with Crippen LogP contribution >= 0.6 is 11.8 Å². The lowest BCUT2D eigenvalue weighted by atomic mass is 10.1. The van der Waals surface area contributed by atoms with E-state index in [1.807, 2.05) is 78.2 Å². The number of aryl methyl sites for hydroxylation is 1. The number of benzene rings is 3. The third-order valence-corrected chi connectivity index (χ3v) is 5.74. The second-order valence-corrected chi connectivity index (χ2v) is 8.15. The largest absolute Gasteiger partial charge is 0.325 e. The van der Waals surface area contributed by atoms with Crippen LogP contribution in [0.5, 0.6) is 0 Å². The average Bonchev–Trinajstić information content (AvgIpc) is 3.24. The summed E-state index contributed by atoms with van der Waals surface area (Å²) in [6.07, 6.45) is 0.350. The summed E-state index contributed by atoms with van der Waals surface area (Å²) < 4.78 is 1.98. The second-order valence-electron chi connectivity index (χ2n) is 7.21. The lowest BCUT2D eigenvalue weighted by Crippen LogP contribution is -2.14. The Morgan fingerprint density at radius 1 is 1.00 bits per heavy atom. The van der Waals surface area contributed by atoms with Crippen LogP contribution in [0, 0.1) is 18.3 Å². The van der Waals surface area contributed by atoms with E-state index in [-0.39, 0.29) is 11.7 Å². The molecular formula is C25H21N5OS. The highest BCUT2D eigenvalue weighted by atomic mass is 32.2. The average molecular weight is 440 g/mol. The van der Waals surface area contributed by atoms with E-state index in [4.69, 9.17) is 5.26 Å². The van der Waals surface area contributed by atoms with Crippen LogP contribution in [-0.2, 0) is 11.2 Å². The van der Waals surface area contributed by atoms with Gasteiger partial charge in [0, 0.05) is 16.9 Å². The van der Waals surface area contributed by atoms with Crippen molar-refractivity contribution in [3.8, 4) is 23.1 Å². The Kier molecular flexibility index (Phi) is 6.63. The molecule has 0 saturated carbocycles. The molecule has 32 heavy (non-hydrogen) atoms. The predicted molar refractivity (Wildman–Crippen MR) is 127 cm³/mol. The van der Waals surface area contributed by atoms with E-state index in [2.05, 4.69) is 21.6 Å².